The number of hydrogen-bond acceptors (Lipinski definition) is 3. The molecule has 1 saturated heterocycles. The Morgan fingerprint density at radius 1 is 1.37 bits per heavy atom. The summed E-state index contributed by atoms with van der Waals surface area (Å²) in [4.78, 5) is 25.0. The molecule has 2 rings (SSSR count). The molecule has 1 aromatic carbocycles. The molecule has 5 heteroatoms. The summed E-state index contributed by atoms with van der Waals surface area (Å²) in [6.45, 7) is 2.84. The molecule has 0 radical (unpaired) electrons. The topological polar surface area (TPSA) is 75.4 Å². The Labute approximate surface area is 112 Å². The van der Waals surface area contributed by atoms with E-state index < -0.39 is 0 Å². The zero-order valence-corrected chi connectivity index (χ0v) is 11.1. The largest absolute Gasteiger partial charge is 0.345 e. The summed E-state index contributed by atoms with van der Waals surface area (Å²) in [6.07, 6.45) is 0.852. The average Bonchev–Trinajstić information content (AvgIpc) is 2.42. The third-order valence-corrected chi connectivity index (χ3v) is 3.40. The number of carbonyl (C=O) groups excluding carboxylic acids is 2. The van der Waals surface area contributed by atoms with Gasteiger partial charge in [0.1, 0.15) is 6.54 Å². The molecule has 1 aliphatic heterocycles. The van der Waals surface area contributed by atoms with Crippen molar-refractivity contribution in [1.82, 2.24) is 5.32 Å². The van der Waals surface area contributed by atoms with E-state index in [1.54, 1.807) is 4.90 Å². The maximum absolute atomic E-state index is 12.0. The molecule has 1 aromatic rings. The van der Waals surface area contributed by atoms with Crippen LogP contribution in [0.1, 0.15) is 24.8 Å². The van der Waals surface area contributed by atoms with Crippen LogP contribution in [0.3, 0.4) is 0 Å². The minimum absolute atomic E-state index is 0.0679. The number of hydrogen-bond donors (Lipinski definition) is 2. The van der Waals surface area contributed by atoms with Crippen molar-refractivity contribution in [3.05, 3.63) is 29.8 Å². The van der Waals surface area contributed by atoms with Crippen molar-refractivity contribution in [2.75, 3.05) is 24.5 Å². The number of rotatable bonds is 4. The molecule has 0 saturated carbocycles. The summed E-state index contributed by atoms with van der Waals surface area (Å²) < 4.78 is 0. The van der Waals surface area contributed by atoms with E-state index in [0.717, 1.165) is 17.7 Å². The van der Waals surface area contributed by atoms with E-state index in [9.17, 15) is 9.59 Å². The molecule has 3 N–H and O–H groups in total. The molecule has 19 heavy (non-hydrogen) atoms. The number of benzene rings is 1. The smallest absolute Gasteiger partial charge is 0.246 e. The van der Waals surface area contributed by atoms with E-state index in [1.165, 1.54) is 0 Å². The minimum Gasteiger partial charge on any atom is -0.345 e. The quantitative estimate of drug-likeness (QED) is 0.833. The van der Waals surface area contributed by atoms with Gasteiger partial charge >= 0.3 is 0 Å². The number of nitrogens with zero attached hydrogens (tertiary/aromatic N) is 1. The fourth-order valence-corrected chi connectivity index (χ4v) is 2.33. The number of nitrogens with one attached hydrogen (secondary N) is 1. The highest BCUT2D eigenvalue weighted by atomic mass is 16.2. The van der Waals surface area contributed by atoms with Crippen molar-refractivity contribution in [2.45, 2.75) is 19.3 Å². The van der Waals surface area contributed by atoms with Crippen molar-refractivity contribution in [3.8, 4) is 0 Å². The van der Waals surface area contributed by atoms with Gasteiger partial charge in [0.05, 0.1) is 6.54 Å². The predicted octanol–water partition coefficient (Wildman–Crippen LogP) is 0.602. The highest BCUT2D eigenvalue weighted by Gasteiger charge is 2.26. The first kappa shape index (κ1) is 13.5. The van der Waals surface area contributed by atoms with Crippen molar-refractivity contribution in [2.24, 2.45) is 5.73 Å². The molecular weight excluding hydrogens is 242 g/mol. The van der Waals surface area contributed by atoms with E-state index in [4.69, 9.17) is 5.73 Å². The fraction of sp³-hybridized carbons (Fsp3) is 0.429. The second-order valence-electron chi connectivity index (χ2n) is 4.79. The van der Waals surface area contributed by atoms with Gasteiger partial charge in [0.15, 0.2) is 0 Å². The normalized spacial score (nSPS) is 17.3. The third kappa shape index (κ3) is 2.93. The van der Waals surface area contributed by atoms with Gasteiger partial charge in [-0.05, 0) is 30.5 Å². The second-order valence-corrected chi connectivity index (χ2v) is 4.79. The summed E-state index contributed by atoms with van der Waals surface area (Å²) in [5.41, 5.74) is 7.49. The van der Waals surface area contributed by atoms with Crippen molar-refractivity contribution >= 4 is 17.5 Å². The van der Waals surface area contributed by atoms with Gasteiger partial charge in [0.25, 0.3) is 0 Å². The van der Waals surface area contributed by atoms with Gasteiger partial charge in [0, 0.05) is 5.69 Å². The van der Waals surface area contributed by atoms with Crippen LogP contribution in [0.25, 0.3) is 0 Å². The predicted molar refractivity (Wildman–Crippen MR) is 73.9 cm³/mol. The molecule has 0 bridgehead atoms. The van der Waals surface area contributed by atoms with Gasteiger partial charge in [0.2, 0.25) is 11.8 Å². The van der Waals surface area contributed by atoms with Gasteiger partial charge in [-0.25, -0.2) is 0 Å². The molecule has 5 nitrogen and oxygen atoms in total. The molecule has 102 valence electrons. The van der Waals surface area contributed by atoms with Crippen LogP contribution in [-0.4, -0.2) is 31.4 Å². The van der Waals surface area contributed by atoms with Gasteiger partial charge in [-0.15, -0.1) is 0 Å². The molecular formula is C14H19N3O2. The first-order valence-corrected chi connectivity index (χ1v) is 6.49. The zero-order valence-electron chi connectivity index (χ0n) is 11.1. The number of anilines is 1. The molecule has 0 aliphatic carbocycles. The van der Waals surface area contributed by atoms with Crippen LogP contribution < -0.4 is 16.0 Å². The van der Waals surface area contributed by atoms with E-state index in [1.807, 2.05) is 24.3 Å². The van der Waals surface area contributed by atoms with Crippen LogP contribution in [0.4, 0.5) is 5.69 Å². The van der Waals surface area contributed by atoms with E-state index in [2.05, 4.69) is 12.2 Å². The van der Waals surface area contributed by atoms with Crippen LogP contribution in [0.2, 0.25) is 0 Å². The summed E-state index contributed by atoms with van der Waals surface area (Å²) in [6, 6.07) is 7.71. The maximum atomic E-state index is 12.0. The fourth-order valence-electron chi connectivity index (χ4n) is 2.33. The van der Waals surface area contributed by atoms with Crippen LogP contribution in [-0.2, 0) is 9.59 Å². The monoisotopic (exact) mass is 261 g/mol. The third-order valence-electron chi connectivity index (χ3n) is 3.40. The number of nitrogens with two attached hydrogens (primary N) is 1. The van der Waals surface area contributed by atoms with Gasteiger partial charge in [-0.2, -0.15) is 0 Å². The first-order valence-electron chi connectivity index (χ1n) is 6.49. The molecule has 0 spiro atoms. The Balaban J connectivity index is 2.33. The Morgan fingerprint density at radius 2 is 2.11 bits per heavy atom. The lowest BCUT2D eigenvalue weighted by Gasteiger charge is -2.29. The number of para-hydroxylation sites is 1. The molecule has 0 aromatic heterocycles. The molecule has 1 atom stereocenters. The molecule has 1 unspecified atom stereocenters. The van der Waals surface area contributed by atoms with E-state index in [-0.39, 0.29) is 30.8 Å². The molecule has 1 heterocycles. The number of piperazine rings is 1. The number of amides is 2. The van der Waals surface area contributed by atoms with Crippen LogP contribution >= 0.6 is 0 Å². The van der Waals surface area contributed by atoms with Crippen LogP contribution in [0.15, 0.2) is 24.3 Å². The lowest BCUT2D eigenvalue weighted by molar-refractivity contribution is -0.128. The Bertz CT molecular complexity index is 487. The molecule has 1 fully saturated rings. The second kappa shape index (κ2) is 5.84. The van der Waals surface area contributed by atoms with Gasteiger partial charge in [-0.3, -0.25) is 9.59 Å². The SMILES string of the molecule is CC(CCN)c1ccccc1N1CC(=O)NCC1=O. The first-order chi connectivity index (χ1) is 9.13. The van der Waals surface area contributed by atoms with Crippen molar-refractivity contribution < 1.29 is 9.59 Å². The highest BCUT2D eigenvalue weighted by Crippen LogP contribution is 2.29. The summed E-state index contributed by atoms with van der Waals surface area (Å²) in [7, 11) is 0. The van der Waals surface area contributed by atoms with Crippen LogP contribution in [0.5, 0.6) is 0 Å². The number of carbonyl (C=O) groups is 2. The van der Waals surface area contributed by atoms with E-state index >= 15 is 0 Å². The lowest BCUT2D eigenvalue weighted by Crippen LogP contribution is -2.52. The summed E-state index contributed by atoms with van der Waals surface area (Å²) in [5.74, 6) is 0.0619. The van der Waals surface area contributed by atoms with Crippen LogP contribution in [0, 0.1) is 0 Å². The average molecular weight is 261 g/mol. The standard InChI is InChI=1S/C14H19N3O2/c1-10(6-7-15)11-4-2-3-5-12(11)17-9-13(18)16-8-14(17)19/h2-5,10H,6-9,15H2,1H3,(H,16,18). The Morgan fingerprint density at radius 3 is 2.84 bits per heavy atom. The van der Waals surface area contributed by atoms with Crippen molar-refractivity contribution in [1.29, 1.82) is 0 Å². The Kier molecular flexibility index (Phi) is 4.16. The maximum Gasteiger partial charge on any atom is 0.246 e. The van der Waals surface area contributed by atoms with Gasteiger partial charge in [-0.1, -0.05) is 25.1 Å². The summed E-state index contributed by atoms with van der Waals surface area (Å²) >= 11 is 0. The molecule has 2 amide bonds. The van der Waals surface area contributed by atoms with Gasteiger partial charge < -0.3 is 16.0 Å². The molecule has 1 aliphatic rings. The van der Waals surface area contributed by atoms with E-state index in [0.29, 0.717) is 6.54 Å². The summed E-state index contributed by atoms with van der Waals surface area (Å²) in [5, 5.41) is 2.56. The Hall–Kier alpha value is -1.88. The minimum atomic E-state index is -0.124. The lowest BCUT2D eigenvalue weighted by atomic mass is 9.95. The highest BCUT2D eigenvalue weighted by molar-refractivity contribution is 6.04. The van der Waals surface area contributed by atoms with Crippen molar-refractivity contribution in [3.63, 3.8) is 0 Å². The zero-order chi connectivity index (χ0) is 13.8.